The van der Waals surface area contributed by atoms with Gasteiger partial charge in [-0.2, -0.15) is 0 Å². The van der Waals surface area contributed by atoms with E-state index in [4.69, 9.17) is 23.2 Å². The van der Waals surface area contributed by atoms with Crippen molar-refractivity contribution in [3.63, 3.8) is 0 Å². The summed E-state index contributed by atoms with van der Waals surface area (Å²) < 4.78 is 27.1. The van der Waals surface area contributed by atoms with Crippen LogP contribution in [0.1, 0.15) is 44.2 Å². The van der Waals surface area contributed by atoms with Crippen molar-refractivity contribution in [2.45, 2.75) is 63.1 Å². The number of hydrogen-bond donors (Lipinski definition) is 1. The van der Waals surface area contributed by atoms with E-state index in [0.717, 1.165) is 12.0 Å². The van der Waals surface area contributed by atoms with Crippen molar-refractivity contribution >= 4 is 45.0 Å². The summed E-state index contributed by atoms with van der Waals surface area (Å²) in [5, 5.41) is 3.81. The van der Waals surface area contributed by atoms with Crippen molar-refractivity contribution in [3.8, 4) is 0 Å². The van der Waals surface area contributed by atoms with Gasteiger partial charge in [-0.1, -0.05) is 84.7 Å². The molecular formula is C31H37Cl2N3O4S. The number of nitrogens with one attached hydrogen (secondary N) is 1. The van der Waals surface area contributed by atoms with Crippen LogP contribution in [0, 0.1) is 0 Å². The highest BCUT2D eigenvalue weighted by Gasteiger charge is 2.32. The number of halogens is 2. The van der Waals surface area contributed by atoms with Crippen LogP contribution in [-0.2, 0) is 32.6 Å². The average Bonchev–Trinajstić information content (AvgIpc) is 2.96. The first kappa shape index (κ1) is 32.6. The molecule has 3 aromatic rings. The molecule has 0 aliphatic heterocycles. The molecule has 0 unspecified atom stereocenters. The molecule has 2 atom stereocenters. The van der Waals surface area contributed by atoms with E-state index in [2.05, 4.69) is 5.32 Å². The third-order valence-corrected chi connectivity index (χ3v) is 9.56. The minimum atomic E-state index is -3.69. The largest absolute Gasteiger partial charge is 0.352 e. The van der Waals surface area contributed by atoms with Gasteiger partial charge in [0, 0.05) is 54.6 Å². The van der Waals surface area contributed by atoms with Crippen molar-refractivity contribution in [2.24, 2.45) is 0 Å². The molecule has 2 amide bonds. The number of nitrogens with zero attached hydrogens (tertiary/aromatic N) is 2. The van der Waals surface area contributed by atoms with Crippen LogP contribution < -0.4 is 5.32 Å². The third kappa shape index (κ3) is 9.04. The fourth-order valence-corrected chi connectivity index (χ4v) is 6.09. The molecule has 0 spiro atoms. The number of amides is 2. The van der Waals surface area contributed by atoms with Gasteiger partial charge in [0.15, 0.2) is 0 Å². The first-order valence-electron chi connectivity index (χ1n) is 13.6. The van der Waals surface area contributed by atoms with Crippen LogP contribution in [-0.4, -0.2) is 55.1 Å². The second-order valence-electron chi connectivity index (χ2n) is 9.99. The molecule has 0 aromatic heterocycles. The predicted molar refractivity (Wildman–Crippen MR) is 164 cm³/mol. The maximum Gasteiger partial charge on any atom is 0.243 e. The van der Waals surface area contributed by atoms with E-state index in [1.807, 2.05) is 44.2 Å². The van der Waals surface area contributed by atoms with Crippen LogP contribution in [0.5, 0.6) is 0 Å². The van der Waals surface area contributed by atoms with E-state index in [9.17, 15) is 18.0 Å². The Morgan fingerprint density at radius 1 is 0.902 bits per heavy atom. The Hall–Kier alpha value is -2.91. The molecular weight excluding hydrogens is 581 g/mol. The Morgan fingerprint density at radius 3 is 2.07 bits per heavy atom. The summed E-state index contributed by atoms with van der Waals surface area (Å²) >= 11 is 13.0. The van der Waals surface area contributed by atoms with Crippen molar-refractivity contribution in [2.75, 3.05) is 13.6 Å². The van der Waals surface area contributed by atoms with E-state index in [-0.39, 0.29) is 48.7 Å². The predicted octanol–water partition coefficient (Wildman–Crippen LogP) is 5.95. The molecule has 3 aromatic carbocycles. The highest BCUT2D eigenvalue weighted by atomic mass is 35.5. The first-order valence-corrected chi connectivity index (χ1v) is 15.8. The number of sulfonamides is 1. The van der Waals surface area contributed by atoms with E-state index in [1.165, 1.54) is 28.4 Å². The molecule has 7 nitrogen and oxygen atoms in total. The van der Waals surface area contributed by atoms with E-state index < -0.39 is 16.1 Å². The van der Waals surface area contributed by atoms with Gasteiger partial charge in [0.25, 0.3) is 0 Å². The summed E-state index contributed by atoms with van der Waals surface area (Å²) in [6.07, 6.45) is 1.31. The normalized spacial score (nSPS) is 13.0. The Labute approximate surface area is 253 Å². The molecule has 0 radical (unpaired) electrons. The van der Waals surface area contributed by atoms with Gasteiger partial charge in [-0.3, -0.25) is 9.59 Å². The zero-order chi connectivity index (χ0) is 30.0. The fourth-order valence-electron chi connectivity index (χ4n) is 4.34. The van der Waals surface area contributed by atoms with Crippen molar-refractivity contribution < 1.29 is 18.0 Å². The SMILES string of the molecule is CC[C@@H](C)NC(=O)[C@@H](Cc1ccccc1)N(Cc1c(Cl)cccc1Cl)C(=O)CCCN(C)S(=O)(=O)c1ccccc1. The van der Waals surface area contributed by atoms with Gasteiger partial charge < -0.3 is 10.2 Å². The molecule has 0 bridgehead atoms. The lowest BCUT2D eigenvalue weighted by molar-refractivity contribution is -0.141. The molecule has 10 heteroatoms. The second-order valence-corrected chi connectivity index (χ2v) is 12.8. The summed E-state index contributed by atoms with van der Waals surface area (Å²) in [5.74, 6) is -0.574. The Balaban J connectivity index is 1.88. The number of rotatable bonds is 14. The molecule has 0 heterocycles. The van der Waals surface area contributed by atoms with Gasteiger partial charge in [0.05, 0.1) is 4.90 Å². The van der Waals surface area contributed by atoms with Crippen LogP contribution in [0.2, 0.25) is 10.0 Å². The maximum absolute atomic E-state index is 13.9. The maximum atomic E-state index is 13.9. The van der Waals surface area contributed by atoms with Gasteiger partial charge in [-0.25, -0.2) is 12.7 Å². The number of carbonyl (C=O) groups excluding carboxylic acids is 2. The lowest BCUT2D eigenvalue weighted by Gasteiger charge is -2.33. The van der Waals surface area contributed by atoms with Crippen molar-refractivity contribution in [1.82, 2.24) is 14.5 Å². The molecule has 41 heavy (non-hydrogen) atoms. The molecule has 0 aliphatic carbocycles. The summed E-state index contributed by atoms with van der Waals surface area (Å²) in [5.41, 5.74) is 1.44. The quantitative estimate of drug-likeness (QED) is 0.242. The molecule has 0 aliphatic rings. The van der Waals surface area contributed by atoms with E-state index in [0.29, 0.717) is 22.0 Å². The Bertz CT molecular complexity index is 1390. The lowest BCUT2D eigenvalue weighted by atomic mass is 10.0. The van der Waals surface area contributed by atoms with Crippen molar-refractivity contribution in [1.29, 1.82) is 0 Å². The number of carbonyl (C=O) groups is 2. The topological polar surface area (TPSA) is 86.8 Å². The van der Waals surface area contributed by atoms with Crippen LogP contribution >= 0.6 is 23.2 Å². The zero-order valence-electron chi connectivity index (χ0n) is 23.6. The summed E-state index contributed by atoms with van der Waals surface area (Å²) in [7, 11) is -2.20. The molecule has 0 fully saturated rings. The molecule has 0 saturated carbocycles. The summed E-state index contributed by atoms with van der Waals surface area (Å²) in [4.78, 5) is 29.2. The van der Waals surface area contributed by atoms with Crippen LogP contribution in [0.25, 0.3) is 0 Å². The molecule has 3 rings (SSSR count). The van der Waals surface area contributed by atoms with Gasteiger partial charge in [-0.15, -0.1) is 0 Å². The van der Waals surface area contributed by atoms with Gasteiger partial charge in [0.2, 0.25) is 21.8 Å². The van der Waals surface area contributed by atoms with Crippen LogP contribution in [0.3, 0.4) is 0 Å². The second kappa shape index (κ2) is 15.4. The molecule has 220 valence electrons. The number of benzene rings is 3. The molecule has 1 N–H and O–H groups in total. The average molecular weight is 619 g/mol. The monoisotopic (exact) mass is 617 g/mol. The standard InChI is InChI=1S/C31H37Cl2N3O4S/c1-4-23(2)34-31(38)29(21-24-13-7-5-8-14-24)36(22-26-27(32)17-11-18-28(26)33)30(37)19-12-20-35(3)41(39,40)25-15-9-6-10-16-25/h5-11,13-18,23,29H,4,12,19-22H2,1-3H3,(H,34,38)/t23-,29-/m1/s1. The van der Waals surface area contributed by atoms with E-state index >= 15 is 0 Å². The smallest absolute Gasteiger partial charge is 0.243 e. The third-order valence-electron chi connectivity index (χ3n) is 6.98. The molecule has 0 saturated heterocycles. The van der Waals surface area contributed by atoms with Crippen LogP contribution in [0.15, 0.2) is 83.8 Å². The Kier molecular flexibility index (Phi) is 12.2. The van der Waals surface area contributed by atoms with Crippen molar-refractivity contribution in [3.05, 3.63) is 100 Å². The van der Waals surface area contributed by atoms with Gasteiger partial charge in [-0.05, 0) is 49.6 Å². The highest BCUT2D eigenvalue weighted by molar-refractivity contribution is 7.89. The minimum Gasteiger partial charge on any atom is -0.352 e. The minimum absolute atomic E-state index is 0.0264. The first-order chi connectivity index (χ1) is 19.5. The van der Waals surface area contributed by atoms with E-state index in [1.54, 1.807) is 36.4 Å². The number of hydrogen-bond acceptors (Lipinski definition) is 4. The van der Waals surface area contributed by atoms with Gasteiger partial charge >= 0.3 is 0 Å². The highest BCUT2D eigenvalue weighted by Crippen LogP contribution is 2.28. The van der Waals surface area contributed by atoms with Gasteiger partial charge in [0.1, 0.15) is 6.04 Å². The summed E-state index contributed by atoms with van der Waals surface area (Å²) in [6.45, 7) is 4.05. The Morgan fingerprint density at radius 2 is 1.49 bits per heavy atom. The summed E-state index contributed by atoms with van der Waals surface area (Å²) in [6, 6.07) is 21.8. The fraction of sp³-hybridized carbons (Fsp3) is 0.355. The van der Waals surface area contributed by atoms with Crippen LogP contribution in [0.4, 0.5) is 0 Å². The zero-order valence-corrected chi connectivity index (χ0v) is 25.9. The lowest BCUT2D eigenvalue weighted by Crippen LogP contribution is -2.52.